The number of fused-ring (bicyclic) bond motifs is 1. The molecule has 1 unspecified atom stereocenters. The second-order valence-corrected chi connectivity index (χ2v) is 12.7. The Morgan fingerprint density at radius 1 is 1.13 bits per heavy atom. The lowest BCUT2D eigenvalue weighted by atomic mass is 9.86. The third kappa shape index (κ3) is 5.27. The van der Waals surface area contributed by atoms with E-state index in [0.29, 0.717) is 22.5 Å². The molecule has 11 heteroatoms. The molecule has 200 valence electrons. The zero-order valence-electron chi connectivity index (χ0n) is 21.2. The van der Waals surface area contributed by atoms with E-state index in [-0.39, 0.29) is 17.6 Å². The van der Waals surface area contributed by atoms with Crippen LogP contribution in [0.1, 0.15) is 57.2 Å². The van der Waals surface area contributed by atoms with Gasteiger partial charge < -0.3 is 9.30 Å². The van der Waals surface area contributed by atoms with Crippen molar-refractivity contribution in [2.24, 2.45) is 11.8 Å². The Morgan fingerprint density at radius 2 is 1.92 bits per heavy atom. The van der Waals surface area contributed by atoms with Crippen molar-refractivity contribution < 1.29 is 9.26 Å². The van der Waals surface area contributed by atoms with E-state index < -0.39 is 5.76 Å². The smallest absolute Gasteiger partial charge is 0.381 e. The van der Waals surface area contributed by atoms with Crippen LogP contribution in [0, 0.1) is 11.8 Å². The summed E-state index contributed by atoms with van der Waals surface area (Å²) in [6.07, 6.45) is 6.91. The number of ether oxygens (including phenoxy) is 1. The predicted octanol–water partition coefficient (Wildman–Crippen LogP) is 6.01. The van der Waals surface area contributed by atoms with Crippen LogP contribution in [0.2, 0.25) is 5.02 Å². The van der Waals surface area contributed by atoms with Gasteiger partial charge in [0.05, 0.1) is 0 Å². The minimum atomic E-state index is -0.654. The van der Waals surface area contributed by atoms with Gasteiger partial charge in [-0.1, -0.05) is 58.4 Å². The molecule has 0 spiro atoms. The number of aromatic nitrogens is 6. The van der Waals surface area contributed by atoms with Crippen molar-refractivity contribution in [1.82, 2.24) is 29.7 Å². The highest BCUT2D eigenvalue weighted by Crippen LogP contribution is 2.38. The van der Waals surface area contributed by atoms with Gasteiger partial charge in [0.15, 0.2) is 5.65 Å². The van der Waals surface area contributed by atoms with E-state index in [1.165, 1.54) is 25.7 Å². The Balaban J connectivity index is 1.55. The van der Waals surface area contributed by atoms with Crippen molar-refractivity contribution >= 4 is 45.4 Å². The highest BCUT2D eigenvalue weighted by atomic mass is 127. The standard InChI is InChI=1S/C27H30ClIN6O3/c1-15(17-9-11-37-12-10-17)26-32-23-22(35(26)14-16-5-7-20(29)8-6-16)21(18-3-2-4-19(28)13-18)30-24(31-23)25-33-27(36)38-34-25/h2-4,13,15-17,20H,5-12,14H2,1H3,(H,33,34,36). The molecule has 0 amide bonds. The molecule has 38 heavy (non-hydrogen) atoms. The monoisotopic (exact) mass is 648 g/mol. The topological polar surface area (TPSA) is 112 Å². The van der Waals surface area contributed by atoms with Gasteiger partial charge in [-0.3, -0.25) is 9.51 Å². The van der Waals surface area contributed by atoms with E-state index >= 15 is 0 Å². The van der Waals surface area contributed by atoms with Gasteiger partial charge in [0.1, 0.15) is 17.0 Å². The molecule has 1 saturated heterocycles. The fraction of sp³-hybridized carbons (Fsp3) is 0.519. The number of halogens is 2. The summed E-state index contributed by atoms with van der Waals surface area (Å²) in [7, 11) is 0. The predicted molar refractivity (Wildman–Crippen MR) is 154 cm³/mol. The first-order valence-corrected chi connectivity index (χ1v) is 14.9. The number of H-pyrrole nitrogens is 1. The largest absolute Gasteiger partial charge is 0.439 e. The van der Waals surface area contributed by atoms with Gasteiger partial charge in [-0.2, -0.15) is 0 Å². The van der Waals surface area contributed by atoms with Crippen LogP contribution in [0.25, 0.3) is 34.1 Å². The van der Waals surface area contributed by atoms with E-state index in [1.54, 1.807) is 0 Å². The van der Waals surface area contributed by atoms with Crippen LogP contribution in [0.4, 0.5) is 0 Å². The molecule has 2 fully saturated rings. The maximum Gasteiger partial charge on any atom is 0.439 e. The average Bonchev–Trinajstić information content (AvgIpc) is 3.53. The summed E-state index contributed by atoms with van der Waals surface area (Å²) >= 11 is 9.00. The van der Waals surface area contributed by atoms with Crippen molar-refractivity contribution in [3.8, 4) is 22.9 Å². The number of hydrogen-bond acceptors (Lipinski definition) is 7. The third-order valence-electron chi connectivity index (χ3n) is 7.98. The highest BCUT2D eigenvalue weighted by Gasteiger charge is 2.31. The van der Waals surface area contributed by atoms with Gasteiger partial charge in [0.25, 0.3) is 0 Å². The maximum absolute atomic E-state index is 11.7. The Bertz CT molecular complexity index is 1490. The van der Waals surface area contributed by atoms with Crippen molar-refractivity contribution in [1.29, 1.82) is 0 Å². The number of aromatic amines is 1. The Hall–Kier alpha value is -2.31. The molecule has 0 radical (unpaired) electrons. The first-order valence-electron chi connectivity index (χ1n) is 13.3. The fourth-order valence-corrected chi connectivity index (χ4v) is 6.75. The molecule has 1 saturated carbocycles. The van der Waals surface area contributed by atoms with Crippen molar-refractivity contribution in [2.45, 2.75) is 61.8 Å². The molecule has 1 atom stereocenters. The Labute approximate surface area is 238 Å². The molecule has 1 aromatic carbocycles. The Kier molecular flexibility index (Phi) is 7.54. The lowest BCUT2D eigenvalue weighted by Gasteiger charge is -2.30. The van der Waals surface area contributed by atoms with E-state index in [9.17, 15) is 4.79 Å². The molecular formula is C27H30ClIN6O3. The number of nitrogens with zero attached hydrogens (tertiary/aromatic N) is 5. The van der Waals surface area contributed by atoms with Gasteiger partial charge >= 0.3 is 5.76 Å². The van der Waals surface area contributed by atoms with Crippen molar-refractivity contribution in [2.75, 3.05) is 13.2 Å². The first-order chi connectivity index (χ1) is 18.5. The number of rotatable bonds is 6. The summed E-state index contributed by atoms with van der Waals surface area (Å²) in [5, 5.41) is 4.46. The summed E-state index contributed by atoms with van der Waals surface area (Å²) in [6, 6.07) is 7.65. The van der Waals surface area contributed by atoms with Crippen molar-refractivity contribution in [3.63, 3.8) is 0 Å². The lowest BCUT2D eigenvalue weighted by Crippen LogP contribution is -2.25. The molecule has 0 bridgehead atoms. The molecule has 1 N–H and O–H groups in total. The van der Waals surface area contributed by atoms with E-state index in [1.807, 2.05) is 24.3 Å². The maximum atomic E-state index is 11.7. The number of imidazole rings is 1. The molecular weight excluding hydrogens is 619 g/mol. The molecule has 9 nitrogen and oxygen atoms in total. The number of nitrogens with one attached hydrogen (secondary N) is 1. The van der Waals surface area contributed by atoms with Crippen LogP contribution >= 0.6 is 34.2 Å². The SMILES string of the molecule is CC(c1nc2nc(-c3noc(=O)[nH]3)nc(-c3cccc(Cl)c3)c2n1CC1CCC(I)CC1)C1CCOCC1. The van der Waals surface area contributed by atoms with Crippen LogP contribution in [-0.2, 0) is 11.3 Å². The number of benzene rings is 1. The molecule has 3 aromatic heterocycles. The van der Waals surface area contributed by atoms with Crippen LogP contribution in [-0.4, -0.2) is 46.8 Å². The summed E-state index contributed by atoms with van der Waals surface area (Å²) in [6.45, 7) is 4.72. The summed E-state index contributed by atoms with van der Waals surface area (Å²) < 4.78 is 13.5. The molecule has 4 heterocycles. The number of hydrogen-bond donors (Lipinski definition) is 1. The number of alkyl halides is 1. The summed E-state index contributed by atoms with van der Waals surface area (Å²) in [4.78, 5) is 29.1. The minimum absolute atomic E-state index is 0.175. The van der Waals surface area contributed by atoms with Crippen LogP contribution < -0.4 is 5.76 Å². The normalized spacial score (nSPS) is 21.7. The van der Waals surface area contributed by atoms with Crippen molar-refractivity contribution in [3.05, 3.63) is 45.7 Å². The van der Waals surface area contributed by atoms with Gasteiger partial charge in [-0.05, 0) is 62.5 Å². The highest BCUT2D eigenvalue weighted by molar-refractivity contribution is 14.1. The van der Waals surface area contributed by atoms with Gasteiger partial charge in [0, 0.05) is 40.2 Å². The van der Waals surface area contributed by atoms with E-state index in [0.717, 1.165) is 59.1 Å². The van der Waals surface area contributed by atoms with Gasteiger partial charge in [-0.25, -0.2) is 19.7 Å². The Morgan fingerprint density at radius 3 is 2.63 bits per heavy atom. The fourth-order valence-electron chi connectivity index (χ4n) is 5.84. The minimum Gasteiger partial charge on any atom is -0.381 e. The van der Waals surface area contributed by atoms with Crippen LogP contribution in [0.3, 0.4) is 0 Å². The quantitative estimate of drug-likeness (QED) is 0.201. The third-order valence-corrected chi connectivity index (χ3v) is 9.46. The second kappa shape index (κ2) is 11.1. The van der Waals surface area contributed by atoms with E-state index in [2.05, 4.69) is 44.2 Å². The zero-order chi connectivity index (χ0) is 26.2. The second-order valence-electron chi connectivity index (χ2n) is 10.5. The molecule has 1 aliphatic carbocycles. The van der Waals surface area contributed by atoms with Crippen LogP contribution in [0.5, 0.6) is 0 Å². The van der Waals surface area contributed by atoms with Gasteiger partial charge in [0.2, 0.25) is 11.6 Å². The summed E-state index contributed by atoms with van der Waals surface area (Å²) in [5.74, 6) is 2.10. The van der Waals surface area contributed by atoms with Crippen LogP contribution in [0.15, 0.2) is 33.6 Å². The lowest BCUT2D eigenvalue weighted by molar-refractivity contribution is 0.0583. The molecule has 2 aliphatic rings. The molecule has 6 rings (SSSR count). The molecule has 4 aromatic rings. The zero-order valence-corrected chi connectivity index (χ0v) is 24.1. The van der Waals surface area contributed by atoms with Gasteiger partial charge in [-0.15, -0.1) is 0 Å². The average molecular weight is 649 g/mol. The van der Waals surface area contributed by atoms with E-state index in [4.69, 9.17) is 35.8 Å². The summed E-state index contributed by atoms with van der Waals surface area (Å²) in [5.41, 5.74) is 3.06. The first kappa shape index (κ1) is 25.9. The molecule has 1 aliphatic heterocycles.